The van der Waals surface area contributed by atoms with E-state index in [1.165, 1.54) is 21.9 Å². The van der Waals surface area contributed by atoms with Crippen LogP contribution in [0.5, 0.6) is 0 Å². The Bertz CT molecular complexity index is 533. The third-order valence-corrected chi connectivity index (χ3v) is 3.29. The van der Waals surface area contributed by atoms with Gasteiger partial charge in [-0.15, -0.1) is 0 Å². The molecule has 2 aromatic carbocycles. The number of nitrogens with two attached hydrogens (primary N) is 1. The highest BCUT2D eigenvalue weighted by Gasteiger charge is 2.17. The molecule has 0 aromatic heterocycles. The lowest BCUT2D eigenvalue weighted by molar-refractivity contribution is 0.656. The molecule has 0 radical (unpaired) electrons. The largest absolute Gasteiger partial charge is 0.327 e. The molecule has 1 nitrogen and oxygen atoms in total. The molecule has 1 atom stereocenters. The van der Waals surface area contributed by atoms with E-state index < -0.39 is 0 Å². The van der Waals surface area contributed by atoms with Crippen molar-refractivity contribution in [3.63, 3.8) is 0 Å². The van der Waals surface area contributed by atoms with Crippen LogP contribution in [0.4, 0.5) is 0 Å². The van der Waals surface area contributed by atoms with E-state index in [9.17, 15) is 0 Å². The highest BCUT2D eigenvalue weighted by Crippen LogP contribution is 2.31. The van der Waals surface area contributed by atoms with Gasteiger partial charge >= 0.3 is 0 Å². The number of hydrogen-bond donors (Lipinski definition) is 1. The maximum Gasteiger partial charge on any atom is 0.0415 e. The van der Waals surface area contributed by atoms with Gasteiger partial charge in [-0.2, -0.15) is 0 Å². The molecule has 1 aliphatic carbocycles. The Hall–Kier alpha value is -1.05. The lowest BCUT2D eigenvalue weighted by Crippen LogP contribution is -2.28. The molecule has 0 aliphatic heterocycles. The van der Waals surface area contributed by atoms with Crippen LogP contribution in [0.3, 0.4) is 0 Å². The second-order valence-electron chi connectivity index (χ2n) is 4.25. The third kappa shape index (κ3) is 1.43. The van der Waals surface area contributed by atoms with Crippen molar-refractivity contribution in [3.05, 3.63) is 46.5 Å². The fourth-order valence-corrected chi connectivity index (χ4v) is 2.78. The summed E-state index contributed by atoms with van der Waals surface area (Å²) < 4.78 is 0. The molecule has 1 aliphatic rings. The summed E-state index contributed by atoms with van der Waals surface area (Å²) in [5.74, 6) is 0. The van der Waals surface area contributed by atoms with E-state index in [0.29, 0.717) is 0 Å². The molecule has 0 amide bonds. The molecule has 3 rings (SSSR count). The first-order valence-corrected chi connectivity index (χ1v) is 5.57. The average Bonchev–Trinajstić information content (AvgIpc) is 2.16. The van der Waals surface area contributed by atoms with Crippen LogP contribution >= 0.6 is 11.6 Å². The summed E-state index contributed by atoms with van der Waals surface area (Å²) in [6, 6.07) is 10.7. The monoisotopic (exact) mass is 217 g/mol. The second-order valence-corrected chi connectivity index (χ2v) is 4.68. The molecule has 0 bridgehead atoms. The smallest absolute Gasteiger partial charge is 0.0415 e. The van der Waals surface area contributed by atoms with Gasteiger partial charge < -0.3 is 5.73 Å². The van der Waals surface area contributed by atoms with Crippen molar-refractivity contribution in [1.29, 1.82) is 0 Å². The van der Waals surface area contributed by atoms with Crippen molar-refractivity contribution in [2.45, 2.75) is 18.9 Å². The topological polar surface area (TPSA) is 26.0 Å². The Morgan fingerprint density at radius 2 is 1.93 bits per heavy atom. The summed E-state index contributed by atoms with van der Waals surface area (Å²) in [6.07, 6.45) is 1.92. The minimum atomic E-state index is 0.238. The highest BCUT2D eigenvalue weighted by atomic mass is 35.5. The van der Waals surface area contributed by atoms with Gasteiger partial charge in [0.1, 0.15) is 0 Å². The second kappa shape index (κ2) is 3.22. The molecule has 0 saturated heterocycles. The van der Waals surface area contributed by atoms with Crippen LogP contribution in [0.25, 0.3) is 10.8 Å². The van der Waals surface area contributed by atoms with Gasteiger partial charge in [0.2, 0.25) is 0 Å². The van der Waals surface area contributed by atoms with Crippen LogP contribution in [0.1, 0.15) is 11.1 Å². The van der Waals surface area contributed by atoms with Gasteiger partial charge in [-0.05, 0) is 46.9 Å². The van der Waals surface area contributed by atoms with Crippen molar-refractivity contribution in [2.24, 2.45) is 5.73 Å². The normalized spacial score (nSPS) is 19.5. The van der Waals surface area contributed by atoms with Crippen molar-refractivity contribution < 1.29 is 0 Å². The Balaban J connectivity index is 2.40. The van der Waals surface area contributed by atoms with E-state index in [0.717, 1.165) is 17.9 Å². The van der Waals surface area contributed by atoms with Crippen LogP contribution in [0.15, 0.2) is 30.3 Å². The summed E-state index contributed by atoms with van der Waals surface area (Å²) in [5, 5.41) is 3.41. The van der Waals surface area contributed by atoms with Crippen LogP contribution in [0, 0.1) is 0 Å². The van der Waals surface area contributed by atoms with Crippen molar-refractivity contribution >= 4 is 22.4 Å². The molecule has 2 aromatic rings. The average molecular weight is 218 g/mol. The molecule has 0 saturated carbocycles. The molecule has 15 heavy (non-hydrogen) atoms. The van der Waals surface area contributed by atoms with Gasteiger partial charge in [0.05, 0.1) is 0 Å². The van der Waals surface area contributed by atoms with Gasteiger partial charge in [0.25, 0.3) is 0 Å². The van der Waals surface area contributed by atoms with Crippen LogP contribution in [0.2, 0.25) is 5.02 Å². The number of hydrogen-bond acceptors (Lipinski definition) is 1. The lowest BCUT2D eigenvalue weighted by Gasteiger charge is -2.22. The zero-order valence-corrected chi connectivity index (χ0v) is 9.09. The SMILES string of the molecule is NC1Cc2cccc3cc(Cl)cc(c23)C1. The van der Waals surface area contributed by atoms with Crippen molar-refractivity contribution in [3.8, 4) is 0 Å². The molecule has 0 spiro atoms. The standard InChI is InChI=1S/C13H12ClN/c14-11-4-8-2-1-3-9-6-12(15)7-10(5-11)13(8)9/h1-5,12H,6-7,15H2. The quantitative estimate of drug-likeness (QED) is 0.722. The van der Waals surface area contributed by atoms with Crippen LogP contribution in [-0.4, -0.2) is 6.04 Å². The Morgan fingerprint density at radius 1 is 1.13 bits per heavy atom. The molecule has 0 heterocycles. The number of rotatable bonds is 0. The van der Waals surface area contributed by atoms with E-state index in [2.05, 4.69) is 18.2 Å². The molecule has 2 heteroatoms. The van der Waals surface area contributed by atoms with Crippen LogP contribution < -0.4 is 5.73 Å². The summed E-state index contributed by atoms with van der Waals surface area (Å²) >= 11 is 6.09. The minimum absolute atomic E-state index is 0.238. The summed E-state index contributed by atoms with van der Waals surface area (Å²) in [7, 11) is 0. The van der Waals surface area contributed by atoms with Gasteiger partial charge in [-0.3, -0.25) is 0 Å². The van der Waals surface area contributed by atoms with Crippen LogP contribution in [-0.2, 0) is 12.8 Å². The molecule has 76 valence electrons. The molecule has 2 N–H and O–H groups in total. The first kappa shape index (κ1) is 9.20. The zero-order chi connectivity index (χ0) is 10.4. The fraction of sp³-hybridized carbons (Fsp3) is 0.231. The first-order chi connectivity index (χ1) is 7.24. The highest BCUT2D eigenvalue weighted by molar-refractivity contribution is 6.31. The zero-order valence-electron chi connectivity index (χ0n) is 8.33. The van der Waals surface area contributed by atoms with Crippen molar-refractivity contribution in [2.75, 3.05) is 0 Å². The predicted molar refractivity (Wildman–Crippen MR) is 64.3 cm³/mol. The van der Waals surface area contributed by atoms with E-state index in [1.54, 1.807) is 0 Å². The van der Waals surface area contributed by atoms with Gasteiger partial charge in [-0.25, -0.2) is 0 Å². The van der Waals surface area contributed by atoms with Crippen molar-refractivity contribution in [1.82, 2.24) is 0 Å². The van der Waals surface area contributed by atoms with E-state index >= 15 is 0 Å². The molecule has 0 fully saturated rings. The van der Waals surface area contributed by atoms with Gasteiger partial charge in [0.15, 0.2) is 0 Å². The Labute approximate surface area is 93.8 Å². The lowest BCUT2D eigenvalue weighted by atomic mass is 9.86. The summed E-state index contributed by atoms with van der Waals surface area (Å²) in [4.78, 5) is 0. The maximum atomic E-state index is 6.09. The van der Waals surface area contributed by atoms with E-state index in [1.807, 2.05) is 12.1 Å². The Morgan fingerprint density at radius 3 is 2.80 bits per heavy atom. The summed E-state index contributed by atoms with van der Waals surface area (Å²) in [5.41, 5.74) is 8.69. The minimum Gasteiger partial charge on any atom is -0.327 e. The number of benzene rings is 2. The first-order valence-electron chi connectivity index (χ1n) is 5.19. The maximum absolute atomic E-state index is 6.09. The van der Waals surface area contributed by atoms with Gasteiger partial charge in [-0.1, -0.05) is 29.8 Å². The Kier molecular flexibility index (Phi) is 1.98. The predicted octanol–water partition coefficient (Wildman–Crippen LogP) is 2.92. The molecular formula is C13H12ClN. The molecule has 1 unspecified atom stereocenters. The molecular weight excluding hydrogens is 206 g/mol. The number of halogens is 1. The van der Waals surface area contributed by atoms with E-state index in [-0.39, 0.29) is 6.04 Å². The van der Waals surface area contributed by atoms with E-state index in [4.69, 9.17) is 17.3 Å². The van der Waals surface area contributed by atoms with Gasteiger partial charge in [0, 0.05) is 11.1 Å². The summed E-state index contributed by atoms with van der Waals surface area (Å²) in [6.45, 7) is 0. The third-order valence-electron chi connectivity index (χ3n) is 3.07. The fourth-order valence-electron chi connectivity index (χ4n) is 2.53.